The number of halogens is 5. The third kappa shape index (κ3) is 2.31. The fraction of sp³-hybridized carbons (Fsp3) is 0.111. The predicted molar refractivity (Wildman–Crippen MR) is 46.3 cm³/mol. The minimum absolute atomic E-state index is 0.318. The lowest BCUT2D eigenvalue weighted by Gasteiger charge is -2.09. The second-order valence-electron chi connectivity index (χ2n) is 2.77. The maximum Gasteiger partial charge on any atom is 0.419 e. The number of carbonyl (C=O) groups is 1. The van der Waals surface area contributed by atoms with Crippen LogP contribution in [0.3, 0.4) is 0 Å². The Morgan fingerprint density at radius 1 is 1.38 bits per heavy atom. The van der Waals surface area contributed by atoms with Gasteiger partial charge in [-0.05, 0) is 23.7 Å². The largest absolute Gasteiger partial charge is 0.419 e. The highest BCUT2D eigenvalue weighted by Gasteiger charge is 2.36. The molecule has 1 aromatic carbocycles. The molecule has 0 aliphatic rings. The SMILES string of the molecule is N#Cc1cc(C(=O)Cl)c(F)c(C(F)(F)F)c1. The highest BCUT2D eigenvalue weighted by Crippen LogP contribution is 2.33. The lowest BCUT2D eigenvalue weighted by Crippen LogP contribution is -2.11. The summed E-state index contributed by atoms with van der Waals surface area (Å²) in [7, 11) is 0. The van der Waals surface area contributed by atoms with Gasteiger partial charge in [-0.2, -0.15) is 18.4 Å². The quantitative estimate of drug-likeness (QED) is 0.568. The Hall–Kier alpha value is -1.61. The molecule has 84 valence electrons. The highest BCUT2D eigenvalue weighted by molar-refractivity contribution is 6.67. The van der Waals surface area contributed by atoms with Crippen LogP contribution in [-0.2, 0) is 6.18 Å². The first-order valence-corrected chi connectivity index (χ1v) is 4.16. The Morgan fingerprint density at radius 2 is 1.94 bits per heavy atom. The molecule has 2 nitrogen and oxygen atoms in total. The van der Waals surface area contributed by atoms with Gasteiger partial charge in [-0.1, -0.05) is 0 Å². The number of benzene rings is 1. The molecule has 0 saturated heterocycles. The zero-order valence-corrected chi connectivity index (χ0v) is 8.16. The van der Waals surface area contributed by atoms with Crippen molar-refractivity contribution in [3.8, 4) is 6.07 Å². The van der Waals surface area contributed by atoms with Crippen molar-refractivity contribution in [2.75, 3.05) is 0 Å². The molecule has 0 fully saturated rings. The van der Waals surface area contributed by atoms with E-state index in [0.29, 0.717) is 12.1 Å². The maximum atomic E-state index is 13.2. The molecule has 0 spiro atoms. The van der Waals surface area contributed by atoms with Gasteiger partial charge < -0.3 is 0 Å². The summed E-state index contributed by atoms with van der Waals surface area (Å²) in [5.74, 6) is -1.77. The average molecular weight is 252 g/mol. The van der Waals surface area contributed by atoms with E-state index in [1.54, 1.807) is 0 Å². The van der Waals surface area contributed by atoms with Crippen LogP contribution in [0.25, 0.3) is 0 Å². The smallest absolute Gasteiger partial charge is 0.275 e. The fourth-order valence-electron chi connectivity index (χ4n) is 1.04. The molecule has 0 radical (unpaired) electrons. The fourth-order valence-corrected chi connectivity index (χ4v) is 1.18. The van der Waals surface area contributed by atoms with E-state index in [9.17, 15) is 22.4 Å². The molecule has 0 heterocycles. The van der Waals surface area contributed by atoms with E-state index in [2.05, 4.69) is 0 Å². The van der Waals surface area contributed by atoms with E-state index in [4.69, 9.17) is 16.9 Å². The topological polar surface area (TPSA) is 40.9 Å². The number of hydrogen-bond acceptors (Lipinski definition) is 2. The van der Waals surface area contributed by atoms with Gasteiger partial charge in [0.2, 0.25) is 0 Å². The van der Waals surface area contributed by atoms with Crippen LogP contribution in [0.15, 0.2) is 12.1 Å². The molecule has 0 saturated carbocycles. The lowest BCUT2D eigenvalue weighted by molar-refractivity contribution is -0.140. The van der Waals surface area contributed by atoms with Crippen molar-refractivity contribution in [2.24, 2.45) is 0 Å². The van der Waals surface area contributed by atoms with Crippen molar-refractivity contribution in [2.45, 2.75) is 6.18 Å². The van der Waals surface area contributed by atoms with E-state index in [1.165, 1.54) is 6.07 Å². The number of nitrogens with zero attached hydrogens (tertiary/aromatic N) is 1. The monoisotopic (exact) mass is 251 g/mol. The molecule has 16 heavy (non-hydrogen) atoms. The predicted octanol–water partition coefficient (Wildman–Crippen LogP) is 3.10. The van der Waals surface area contributed by atoms with Gasteiger partial charge in [-0.15, -0.1) is 0 Å². The first-order valence-electron chi connectivity index (χ1n) is 3.78. The number of alkyl halides is 3. The number of carbonyl (C=O) groups excluding carboxylic acids is 1. The standard InChI is InChI=1S/C9H2ClF4NO/c10-8(16)5-1-4(3-15)2-6(7(5)11)9(12,13)14/h1-2H. The Balaban J connectivity index is 3.58. The van der Waals surface area contributed by atoms with Gasteiger partial charge in [0, 0.05) is 0 Å². The molecular weight excluding hydrogens is 250 g/mol. The molecule has 0 aromatic heterocycles. The summed E-state index contributed by atoms with van der Waals surface area (Å²) < 4.78 is 50.1. The molecule has 1 aromatic rings. The normalized spacial score (nSPS) is 11.0. The van der Waals surface area contributed by atoms with Gasteiger partial charge in [0.1, 0.15) is 5.82 Å². The van der Waals surface area contributed by atoms with E-state index in [-0.39, 0.29) is 0 Å². The Bertz CT molecular complexity index is 490. The molecule has 0 aliphatic carbocycles. The van der Waals surface area contributed by atoms with Crippen LogP contribution in [0, 0.1) is 17.1 Å². The Kier molecular flexibility index (Phi) is 3.19. The Morgan fingerprint density at radius 3 is 2.31 bits per heavy atom. The second-order valence-corrected chi connectivity index (χ2v) is 3.11. The zero-order valence-electron chi connectivity index (χ0n) is 7.40. The van der Waals surface area contributed by atoms with Crippen LogP contribution < -0.4 is 0 Å². The lowest BCUT2D eigenvalue weighted by atomic mass is 10.1. The van der Waals surface area contributed by atoms with Crippen molar-refractivity contribution in [1.82, 2.24) is 0 Å². The highest BCUT2D eigenvalue weighted by atomic mass is 35.5. The van der Waals surface area contributed by atoms with Gasteiger partial charge >= 0.3 is 6.18 Å². The summed E-state index contributed by atoms with van der Waals surface area (Å²) in [4.78, 5) is 10.7. The summed E-state index contributed by atoms with van der Waals surface area (Å²) in [5.41, 5.74) is -3.14. The van der Waals surface area contributed by atoms with Crippen LogP contribution in [0.5, 0.6) is 0 Å². The number of nitriles is 1. The van der Waals surface area contributed by atoms with Crippen molar-refractivity contribution >= 4 is 16.8 Å². The molecule has 0 N–H and O–H groups in total. The van der Waals surface area contributed by atoms with Crippen molar-refractivity contribution in [3.05, 3.63) is 34.6 Å². The van der Waals surface area contributed by atoms with Crippen LogP contribution in [0.1, 0.15) is 21.5 Å². The van der Waals surface area contributed by atoms with Crippen LogP contribution in [0.2, 0.25) is 0 Å². The molecule has 0 atom stereocenters. The molecule has 7 heteroatoms. The molecule has 1 rings (SSSR count). The summed E-state index contributed by atoms with van der Waals surface area (Å²) >= 11 is 4.90. The van der Waals surface area contributed by atoms with Gasteiger partial charge in [-0.3, -0.25) is 4.79 Å². The third-order valence-corrected chi connectivity index (χ3v) is 1.92. The molecule has 0 amide bonds. The number of rotatable bonds is 1. The average Bonchev–Trinajstić information content (AvgIpc) is 2.15. The van der Waals surface area contributed by atoms with Crippen molar-refractivity contribution in [3.63, 3.8) is 0 Å². The molecule has 0 aliphatic heterocycles. The van der Waals surface area contributed by atoms with Gasteiger partial charge in [0.25, 0.3) is 5.24 Å². The van der Waals surface area contributed by atoms with Crippen molar-refractivity contribution < 1.29 is 22.4 Å². The van der Waals surface area contributed by atoms with E-state index >= 15 is 0 Å². The van der Waals surface area contributed by atoms with E-state index < -0.39 is 33.9 Å². The minimum Gasteiger partial charge on any atom is -0.275 e. The first-order chi connectivity index (χ1) is 7.27. The zero-order chi connectivity index (χ0) is 12.5. The number of hydrogen-bond donors (Lipinski definition) is 0. The van der Waals surface area contributed by atoms with E-state index in [1.807, 2.05) is 0 Å². The molecule has 0 bridgehead atoms. The summed E-state index contributed by atoms with van der Waals surface area (Å²) in [6, 6.07) is 2.37. The van der Waals surface area contributed by atoms with Crippen LogP contribution >= 0.6 is 11.6 Å². The maximum absolute atomic E-state index is 13.2. The summed E-state index contributed by atoms with van der Waals surface area (Å²) in [6.07, 6.45) is -4.99. The molecular formula is C9H2ClF4NO. The second kappa shape index (κ2) is 4.10. The van der Waals surface area contributed by atoms with E-state index in [0.717, 1.165) is 0 Å². The third-order valence-electron chi connectivity index (χ3n) is 1.72. The van der Waals surface area contributed by atoms with Crippen LogP contribution in [0.4, 0.5) is 17.6 Å². The summed E-state index contributed by atoms with van der Waals surface area (Å²) in [5, 5.41) is 7.04. The van der Waals surface area contributed by atoms with Gasteiger partial charge in [0.05, 0.1) is 22.8 Å². The Labute approximate surface area is 92.0 Å². The van der Waals surface area contributed by atoms with Gasteiger partial charge in [-0.25, -0.2) is 4.39 Å². The minimum atomic E-state index is -4.99. The first kappa shape index (κ1) is 12.5. The van der Waals surface area contributed by atoms with Gasteiger partial charge in [0.15, 0.2) is 0 Å². The summed E-state index contributed by atoms with van der Waals surface area (Å²) in [6.45, 7) is 0. The molecule has 0 unspecified atom stereocenters. The van der Waals surface area contributed by atoms with Crippen molar-refractivity contribution in [1.29, 1.82) is 5.26 Å². The van der Waals surface area contributed by atoms with Crippen LogP contribution in [-0.4, -0.2) is 5.24 Å².